The molecule has 2 unspecified atom stereocenters. The van der Waals surface area contributed by atoms with E-state index in [0.29, 0.717) is 34.8 Å². The van der Waals surface area contributed by atoms with Crippen molar-refractivity contribution in [2.45, 2.75) is 26.5 Å². The number of rotatable bonds is 12. The normalized spacial score (nSPS) is 13.7. The molecule has 0 aliphatic carbocycles. The average Bonchev–Trinajstić information content (AvgIpc) is 3.30. The van der Waals surface area contributed by atoms with Gasteiger partial charge >= 0.3 is 7.60 Å². The highest BCUT2D eigenvalue weighted by Gasteiger charge is 2.28. The summed E-state index contributed by atoms with van der Waals surface area (Å²) in [5, 5.41) is 2.78. The molecule has 0 aliphatic rings. The zero-order valence-electron chi connectivity index (χ0n) is 20.6. The number of nitrogen functional groups attached to an aromatic ring is 1. The highest BCUT2D eigenvalue weighted by Crippen LogP contribution is 2.48. The fourth-order valence-corrected chi connectivity index (χ4v) is 5.01. The first-order valence-corrected chi connectivity index (χ1v) is 13.4. The standard InChI is InChI=1S/C25H29N6O5P/c1-18-8-6-7-11-21(18)25(32)27-12-13-35-37(33,36-20-9-4-3-5-10-20)17-34-19(2)14-31-16-30-22-23(26)28-15-29-24(22)31/h3-11,15-16,19H,12-14,17H2,1-2H3,(H,27,32)(H2,26,28,29). The first-order chi connectivity index (χ1) is 17.8. The number of carbonyl (C=O) groups excluding carboxylic acids is 1. The molecule has 2 heterocycles. The van der Waals surface area contributed by atoms with Crippen LogP contribution in [0.15, 0.2) is 67.3 Å². The fraction of sp³-hybridized carbons (Fsp3) is 0.280. The molecule has 2 aromatic heterocycles. The molecule has 4 rings (SSSR count). The van der Waals surface area contributed by atoms with Crippen molar-refractivity contribution in [2.75, 3.05) is 25.2 Å². The Bertz CT molecular complexity index is 1400. The number of fused-ring (bicyclic) bond motifs is 1. The van der Waals surface area contributed by atoms with Gasteiger partial charge in [-0.1, -0.05) is 36.4 Å². The maximum absolute atomic E-state index is 13.6. The van der Waals surface area contributed by atoms with E-state index >= 15 is 0 Å². The number of nitrogens with zero attached hydrogens (tertiary/aromatic N) is 4. The SMILES string of the molecule is Cc1ccccc1C(=O)NCCOP(=O)(COC(C)Cn1cnc2c(N)ncnc21)Oc1ccccc1. The molecule has 0 saturated heterocycles. The Labute approximate surface area is 214 Å². The zero-order chi connectivity index (χ0) is 26.3. The van der Waals surface area contributed by atoms with Gasteiger partial charge in [-0.2, -0.15) is 0 Å². The Morgan fingerprint density at radius 1 is 1.11 bits per heavy atom. The minimum absolute atomic E-state index is 0.0260. The van der Waals surface area contributed by atoms with Gasteiger partial charge in [0.05, 0.1) is 25.6 Å². The van der Waals surface area contributed by atoms with Crippen molar-refractivity contribution in [2.24, 2.45) is 0 Å². The molecule has 4 aromatic rings. The third-order valence-electron chi connectivity index (χ3n) is 5.45. The summed E-state index contributed by atoms with van der Waals surface area (Å²) in [6, 6.07) is 16.0. The Morgan fingerprint density at radius 3 is 2.65 bits per heavy atom. The number of benzene rings is 2. The maximum Gasteiger partial charge on any atom is 0.404 e. The minimum Gasteiger partial charge on any atom is -0.423 e. The van der Waals surface area contributed by atoms with E-state index in [9.17, 15) is 9.36 Å². The minimum atomic E-state index is -3.73. The third-order valence-corrected chi connectivity index (χ3v) is 6.98. The topological polar surface area (TPSA) is 143 Å². The van der Waals surface area contributed by atoms with Crippen LogP contribution in [0, 0.1) is 6.92 Å². The lowest BCUT2D eigenvalue weighted by Gasteiger charge is -2.22. The maximum atomic E-state index is 13.6. The summed E-state index contributed by atoms with van der Waals surface area (Å²) in [5.41, 5.74) is 8.37. The molecule has 0 spiro atoms. The molecule has 12 heteroatoms. The number of ether oxygens (including phenoxy) is 1. The summed E-state index contributed by atoms with van der Waals surface area (Å²) < 4.78 is 32.6. The van der Waals surface area contributed by atoms with Crippen LogP contribution in [0.25, 0.3) is 11.2 Å². The molecule has 0 radical (unpaired) electrons. The number of nitrogens with one attached hydrogen (secondary N) is 1. The van der Waals surface area contributed by atoms with Gasteiger partial charge in [0.25, 0.3) is 5.91 Å². The van der Waals surface area contributed by atoms with Crippen molar-refractivity contribution in [3.63, 3.8) is 0 Å². The molecule has 1 amide bonds. The molecule has 11 nitrogen and oxygen atoms in total. The quantitative estimate of drug-likeness (QED) is 0.209. The van der Waals surface area contributed by atoms with Crippen LogP contribution in [0.1, 0.15) is 22.8 Å². The van der Waals surface area contributed by atoms with Gasteiger partial charge in [0.2, 0.25) is 0 Å². The van der Waals surface area contributed by atoms with E-state index in [0.717, 1.165) is 5.56 Å². The Kier molecular flexibility index (Phi) is 8.50. The first kappa shape index (κ1) is 26.3. The smallest absolute Gasteiger partial charge is 0.404 e. The van der Waals surface area contributed by atoms with Crippen LogP contribution in [-0.2, 0) is 20.4 Å². The molecule has 0 fully saturated rings. The number of amides is 1. The molecular formula is C25H29N6O5P. The van der Waals surface area contributed by atoms with Crippen molar-refractivity contribution in [1.82, 2.24) is 24.8 Å². The number of anilines is 1. The highest BCUT2D eigenvalue weighted by molar-refractivity contribution is 7.54. The summed E-state index contributed by atoms with van der Waals surface area (Å²) >= 11 is 0. The second-order valence-corrected chi connectivity index (χ2v) is 10.3. The van der Waals surface area contributed by atoms with Gasteiger partial charge in [-0.05, 0) is 37.6 Å². The number of hydrogen-bond acceptors (Lipinski definition) is 9. The molecular weight excluding hydrogens is 495 g/mol. The molecule has 37 heavy (non-hydrogen) atoms. The fourth-order valence-electron chi connectivity index (χ4n) is 3.58. The van der Waals surface area contributed by atoms with Crippen molar-refractivity contribution in [3.05, 3.63) is 78.4 Å². The van der Waals surface area contributed by atoms with Crippen LogP contribution in [0.2, 0.25) is 0 Å². The lowest BCUT2D eigenvalue weighted by molar-refractivity contribution is 0.0726. The molecule has 0 aliphatic heterocycles. The Morgan fingerprint density at radius 2 is 1.86 bits per heavy atom. The predicted octanol–water partition coefficient (Wildman–Crippen LogP) is 3.80. The van der Waals surface area contributed by atoms with E-state index < -0.39 is 7.60 Å². The molecule has 3 N–H and O–H groups in total. The van der Waals surface area contributed by atoms with Crippen molar-refractivity contribution >= 4 is 30.5 Å². The van der Waals surface area contributed by atoms with Crippen molar-refractivity contribution < 1.29 is 23.1 Å². The lowest BCUT2D eigenvalue weighted by atomic mass is 10.1. The Hall–Kier alpha value is -3.79. The predicted molar refractivity (Wildman–Crippen MR) is 139 cm³/mol. The summed E-state index contributed by atoms with van der Waals surface area (Å²) in [4.78, 5) is 24.9. The highest BCUT2D eigenvalue weighted by atomic mass is 31.2. The largest absolute Gasteiger partial charge is 0.423 e. The van der Waals surface area contributed by atoms with Crippen molar-refractivity contribution in [1.29, 1.82) is 0 Å². The van der Waals surface area contributed by atoms with E-state index in [4.69, 9.17) is 19.5 Å². The summed E-state index contributed by atoms with van der Waals surface area (Å²) in [6.07, 6.45) is 2.29. The molecule has 194 valence electrons. The van der Waals surface area contributed by atoms with Gasteiger partial charge in [-0.3, -0.25) is 9.32 Å². The van der Waals surface area contributed by atoms with Crippen LogP contribution >= 0.6 is 7.60 Å². The third kappa shape index (κ3) is 6.91. The molecule has 0 bridgehead atoms. The van der Waals surface area contributed by atoms with E-state index in [2.05, 4.69) is 20.3 Å². The van der Waals surface area contributed by atoms with Crippen LogP contribution < -0.4 is 15.6 Å². The lowest BCUT2D eigenvalue weighted by Crippen LogP contribution is -2.28. The summed E-state index contributed by atoms with van der Waals surface area (Å²) in [5.74, 6) is 0.446. The van der Waals surface area contributed by atoms with E-state index in [-0.39, 0.29) is 31.5 Å². The number of nitrogens with two attached hydrogens (primary N) is 1. The van der Waals surface area contributed by atoms with Gasteiger partial charge in [-0.25, -0.2) is 19.5 Å². The number of aromatic nitrogens is 4. The van der Waals surface area contributed by atoms with Crippen molar-refractivity contribution in [3.8, 4) is 5.75 Å². The summed E-state index contributed by atoms with van der Waals surface area (Å²) in [7, 11) is -3.73. The van der Waals surface area contributed by atoms with Gasteiger partial charge in [0, 0.05) is 12.1 Å². The molecule has 0 saturated carbocycles. The molecule has 2 atom stereocenters. The zero-order valence-corrected chi connectivity index (χ0v) is 21.5. The van der Waals surface area contributed by atoms with E-state index in [1.54, 1.807) is 47.3 Å². The summed E-state index contributed by atoms with van der Waals surface area (Å²) in [6.45, 7) is 4.19. The number of para-hydroxylation sites is 1. The van der Waals surface area contributed by atoms with Gasteiger partial charge in [0.15, 0.2) is 17.8 Å². The van der Waals surface area contributed by atoms with Crippen LogP contribution in [0.5, 0.6) is 5.75 Å². The van der Waals surface area contributed by atoms with Crippen LogP contribution in [0.4, 0.5) is 5.82 Å². The molecule has 2 aromatic carbocycles. The van der Waals surface area contributed by atoms with Gasteiger partial charge < -0.3 is 24.9 Å². The van der Waals surface area contributed by atoms with Crippen LogP contribution in [-0.4, -0.2) is 51.0 Å². The second-order valence-electron chi connectivity index (χ2n) is 8.35. The average molecular weight is 525 g/mol. The number of hydrogen-bond donors (Lipinski definition) is 2. The first-order valence-electron chi connectivity index (χ1n) is 11.7. The number of imidazole rings is 1. The number of aryl methyl sites for hydroxylation is 1. The van der Waals surface area contributed by atoms with Crippen LogP contribution in [0.3, 0.4) is 0 Å². The monoisotopic (exact) mass is 524 g/mol. The Balaban J connectivity index is 1.36. The van der Waals surface area contributed by atoms with Gasteiger partial charge in [-0.15, -0.1) is 0 Å². The van der Waals surface area contributed by atoms with E-state index in [1.165, 1.54) is 6.33 Å². The second kappa shape index (κ2) is 12.0. The van der Waals surface area contributed by atoms with Gasteiger partial charge in [0.1, 0.15) is 17.6 Å². The van der Waals surface area contributed by atoms with E-state index in [1.807, 2.05) is 32.0 Å². The number of carbonyl (C=O) groups is 1.